The van der Waals surface area contributed by atoms with Crippen molar-refractivity contribution in [2.75, 3.05) is 11.9 Å². The fourth-order valence-electron chi connectivity index (χ4n) is 2.43. The summed E-state index contributed by atoms with van der Waals surface area (Å²) in [5, 5.41) is 6.62. The molecule has 0 fully saturated rings. The second-order valence-electron chi connectivity index (χ2n) is 6.71. The summed E-state index contributed by atoms with van der Waals surface area (Å²) in [5.74, 6) is -0.110. The van der Waals surface area contributed by atoms with Crippen LogP contribution in [0.25, 0.3) is 0 Å². The standard InChI is InChI=1S/C22H26BrN3O3/c1-4-5-10-29-20-9-7-17(12-19(20)23)14-24-26-22(28)13-21(27)25-18-8-6-15(2)16(3)11-18/h6-9,11-12,14H,4-5,10,13H2,1-3H3,(H,25,27)(H,26,28). The molecule has 2 amide bonds. The molecule has 0 radical (unpaired) electrons. The average Bonchev–Trinajstić information content (AvgIpc) is 2.66. The highest BCUT2D eigenvalue weighted by Gasteiger charge is 2.09. The van der Waals surface area contributed by atoms with E-state index in [1.165, 1.54) is 6.21 Å². The third-order valence-corrected chi connectivity index (χ3v) is 4.85. The molecule has 0 aliphatic heterocycles. The van der Waals surface area contributed by atoms with E-state index in [2.05, 4.69) is 38.7 Å². The Morgan fingerprint density at radius 2 is 1.90 bits per heavy atom. The second kappa shape index (κ2) is 11.4. The SMILES string of the molecule is CCCCOc1ccc(C=NNC(=O)CC(=O)Nc2ccc(C)c(C)c2)cc1Br. The van der Waals surface area contributed by atoms with Crippen LogP contribution < -0.4 is 15.5 Å². The van der Waals surface area contributed by atoms with Crippen molar-refractivity contribution in [3.8, 4) is 5.75 Å². The topological polar surface area (TPSA) is 79.8 Å². The van der Waals surface area contributed by atoms with Crippen LogP contribution in [-0.4, -0.2) is 24.6 Å². The number of aryl methyl sites for hydroxylation is 2. The molecule has 2 aromatic rings. The number of rotatable bonds is 9. The first-order chi connectivity index (χ1) is 13.9. The molecule has 0 aliphatic carbocycles. The maximum absolute atomic E-state index is 12.0. The molecule has 0 unspecified atom stereocenters. The van der Waals surface area contributed by atoms with Gasteiger partial charge in [-0.1, -0.05) is 19.4 Å². The quantitative estimate of drug-likeness (QED) is 0.246. The molecule has 0 aliphatic rings. The minimum absolute atomic E-state index is 0.307. The third-order valence-electron chi connectivity index (χ3n) is 4.23. The molecule has 0 atom stereocenters. The van der Waals surface area contributed by atoms with Gasteiger partial charge in [-0.3, -0.25) is 9.59 Å². The molecule has 2 N–H and O–H groups in total. The smallest absolute Gasteiger partial charge is 0.249 e. The highest BCUT2D eigenvalue weighted by Crippen LogP contribution is 2.25. The number of hydrogen-bond donors (Lipinski definition) is 2. The number of amides is 2. The molecule has 0 saturated heterocycles. The van der Waals surface area contributed by atoms with Crippen LogP contribution in [0.15, 0.2) is 46.0 Å². The van der Waals surface area contributed by atoms with Crippen LogP contribution in [0.4, 0.5) is 5.69 Å². The van der Waals surface area contributed by atoms with Crippen molar-refractivity contribution in [3.63, 3.8) is 0 Å². The predicted octanol–water partition coefficient (Wildman–Crippen LogP) is 4.72. The summed E-state index contributed by atoms with van der Waals surface area (Å²) in [7, 11) is 0. The zero-order valence-corrected chi connectivity index (χ0v) is 18.5. The maximum Gasteiger partial charge on any atom is 0.249 e. The van der Waals surface area contributed by atoms with Crippen LogP contribution in [0, 0.1) is 13.8 Å². The molecule has 0 spiro atoms. The number of unbranched alkanes of at least 4 members (excludes halogenated alkanes) is 1. The molecule has 29 heavy (non-hydrogen) atoms. The number of carbonyl (C=O) groups is 2. The van der Waals surface area contributed by atoms with Gasteiger partial charge in [-0.25, -0.2) is 5.43 Å². The summed E-state index contributed by atoms with van der Waals surface area (Å²) >= 11 is 3.47. The van der Waals surface area contributed by atoms with Gasteiger partial charge in [0.05, 0.1) is 17.3 Å². The van der Waals surface area contributed by atoms with Crippen LogP contribution in [0.3, 0.4) is 0 Å². The Hall–Kier alpha value is -2.67. The summed E-state index contributed by atoms with van der Waals surface area (Å²) in [6.07, 6.45) is 3.28. The number of nitrogens with zero attached hydrogens (tertiary/aromatic N) is 1. The van der Waals surface area contributed by atoms with E-state index in [-0.39, 0.29) is 6.42 Å². The minimum Gasteiger partial charge on any atom is -0.492 e. The van der Waals surface area contributed by atoms with Gasteiger partial charge in [0.15, 0.2) is 0 Å². The molecule has 2 rings (SSSR count). The number of hydrazone groups is 1. The normalized spacial score (nSPS) is 10.8. The molecule has 0 heterocycles. The first kappa shape index (κ1) is 22.6. The van der Waals surface area contributed by atoms with Gasteiger partial charge in [0, 0.05) is 5.69 Å². The Morgan fingerprint density at radius 3 is 2.59 bits per heavy atom. The van der Waals surface area contributed by atoms with Gasteiger partial charge in [0.1, 0.15) is 12.2 Å². The van der Waals surface area contributed by atoms with E-state index in [1.807, 2.05) is 50.2 Å². The number of halogens is 1. The Kier molecular flexibility index (Phi) is 8.86. The van der Waals surface area contributed by atoms with Crippen molar-refractivity contribution < 1.29 is 14.3 Å². The number of benzene rings is 2. The van der Waals surface area contributed by atoms with Crippen LogP contribution >= 0.6 is 15.9 Å². The molecule has 154 valence electrons. The number of hydrogen-bond acceptors (Lipinski definition) is 4. The van der Waals surface area contributed by atoms with E-state index < -0.39 is 11.8 Å². The van der Waals surface area contributed by atoms with Crippen molar-refractivity contribution in [2.45, 2.75) is 40.0 Å². The first-order valence-electron chi connectivity index (χ1n) is 9.50. The van der Waals surface area contributed by atoms with E-state index in [4.69, 9.17) is 4.74 Å². The fourth-order valence-corrected chi connectivity index (χ4v) is 2.94. The average molecular weight is 460 g/mol. The van der Waals surface area contributed by atoms with E-state index in [0.29, 0.717) is 12.3 Å². The number of anilines is 1. The Balaban J connectivity index is 1.81. The lowest BCUT2D eigenvalue weighted by Gasteiger charge is -2.08. The zero-order chi connectivity index (χ0) is 21.2. The Bertz CT molecular complexity index is 897. The number of nitrogens with one attached hydrogen (secondary N) is 2. The maximum atomic E-state index is 12.0. The van der Waals surface area contributed by atoms with Crippen molar-refractivity contribution in [1.29, 1.82) is 0 Å². The zero-order valence-electron chi connectivity index (χ0n) is 16.9. The van der Waals surface area contributed by atoms with Crippen molar-refractivity contribution in [3.05, 3.63) is 57.6 Å². The molecular weight excluding hydrogens is 434 g/mol. The van der Waals surface area contributed by atoms with Gasteiger partial charge in [0.25, 0.3) is 0 Å². The largest absolute Gasteiger partial charge is 0.492 e. The predicted molar refractivity (Wildman–Crippen MR) is 119 cm³/mol. The number of ether oxygens (including phenoxy) is 1. The van der Waals surface area contributed by atoms with Crippen LogP contribution in [0.5, 0.6) is 5.75 Å². The van der Waals surface area contributed by atoms with E-state index in [0.717, 1.165) is 39.8 Å². The van der Waals surface area contributed by atoms with Gasteiger partial charge in [-0.2, -0.15) is 5.10 Å². The van der Waals surface area contributed by atoms with Gasteiger partial charge >= 0.3 is 0 Å². The van der Waals surface area contributed by atoms with E-state index in [1.54, 1.807) is 0 Å². The summed E-state index contributed by atoms with van der Waals surface area (Å²) < 4.78 is 6.49. The summed E-state index contributed by atoms with van der Waals surface area (Å²) in [6.45, 7) is 6.74. The fraction of sp³-hybridized carbons (Fsp3) is 0.318. The van der Waals surface area contributed by atoms with E-state index in [9.17, 15) is 9.59 Å². The summed E-state index contributed by atoms with van der Waals surface area (Å²) in [4.78, 5) is 23.9. The van der Waals surface area contributed by atoms with Crippen LogP contribution in [-0.2, 0) is 9.59 Å². The lowest BCUT2D eigenvalue weighted by atomic mass is 10.1. The summed E-state index contributed by atoms with van der Waals surface area (Å²) in [6, 6.07) is 11.1. The molecule has 2 aromatic carbocycles. The lowest BCUT2D eigenvalue weighted by Crippen LogP contribution is -2.24. The number of carbonyl (C=O) groups excluding carboxylic acids is 2. The second-order valence-corrected chi connectivity index (χ2v) is 7.56. The van der Waals surface area contributed by atoms with Crippen molar-refractivity contribution >= 4 is 39.6 Å². The van der Waals surface area contributed by atoms with Crippen molar-refractivity contribution in [2.24, 2.45) is 5.10 Å². The first-order valence-corrected chi connectivity index (χ1v) is 10.3. The van der Waals surface area contributed by atoms with Gasteiger partial charge in [0.2, 0.25) is 11.8 Å². The van der Waals surface area contributed by atoms with E-state index >= 15 is 0 Å². The minimum atomic E-state index is -0.485. The third kappa shape index (κ3) is 7.69. The Labute approximate surface area is 179 Å². The molecule has 0 bridgehead atoms. The van der Waals surface area contributed by atoms with Gasteiger partial charge in [-0.15, -0.1) is 0 Å². The Morgan fingerprint density at radius 1 is 1.10 bits per heavy atom. The highest BCUT2D eigenvalue weighted by atomic mass is 79.9. The summed E-state index contributed by atoms with van der Waals surface area (Å²) in [5.41, 5.74) is 6.04. The molecule has 6 nitrogen and oxygen atoms in total. The molecule has 0 aromatic heterocycles. The van der Waals surface area contributed by atoms with Gasteiger partial charge < -0.3 is 10.1 Å². The molecule has 0 saturated carbocycles. The highest BCUT2D eigenvalue weighted by molar-refractivity contribution is 9.10. The molecule has 7 heteroatoms. The molecular formula is C22H26BrN3O3. The van der Waals surface area contributed by atoms with Crippen molar-refractivity contribution in [1.82, 2.24) is 5.43 Å². The van der Waals surface area contributed by atoms with Crippen LogP contribution in [0.1, 0.15) is 42.9 Å². The monoisotopic (exact) mass is 459 g/mol. The van der Waals surface area contributed by atoms with Crippen LogP contribution in [0.2, 0.25) is 0 Å². The lowest BCUT2D eigenvalue weighted by molar-refractivity contribution is -0.126. The van der Waals surface area contributed by atoms with Gasteiger partial charge in [-0.05, 0) is 83.2 Å².